The third kappa shape index (κ3) is 4.64. The van der Waals surface area contributed by atoms with E-state index in [1.807, 2.05) is 48.5 Å². The molecule has 0 unspecified atom stereocenters. The molecule has 0 N–H and O–H groups in total. The Morgan fingerprint density at radius 2 is 1.89 bits per heavy atom. The van der Waals surface area contributed by atoms with Crippen LogP contribution in [0.4, 0.5) is 0 Å². The van der Waals surface area contributed by atoms with Gasteiger partial charge in [-0.15, -0.1) is 0 Å². The Morgan fingerprint density at radius 3 is 2.58 bits per heavy atom. The molecule has 4 aromatic rings. The van der Waals surface area contributed by atoms with Gasteiger partial charge in [0, 0.05) is 21.1 Å². The molecule has 2 aromatic heterocycles. The van der Waals surface area contributed by atoms with Crippen LogP contribution in [0.15, 0.2) is 90.6 Å². The molecule has 2 aromatic carbocycles. The maximum absolute atomic E-state index is 13.7. The van der Waals surface area contributed by atoms with Crippen LogP contribution < -0.4 is 14.9 Å². The average molecular weight is 584 g/mol. The van der Waals surface area contributed by atoms with E-state index in [-0.39, 0.29) is 12.2 Å². The summed E-state index contributed by atoms with van der Waals surface area (Å²) >= 11 is 10.7. The summed E-state index contributed by atoms with van der Waals surface area (Å²) in [4.78, 5) is 31.7. The molecule has 0 saturated heterocycles. The average Bonchev–Trinajstić information content (AvgIpc) is 3.44. The van der Waals surface area contributed by atoms with Gasteiger partial charge in [0.25, 0.3) is 5.56 Å². The van der Waals surface area contributed by atoms with Crippen molar-refractivity contribution in [1.82, 2.24) is 4.57 Å². The van der Waals surface area contributed by atoms with Crippen molar-refractivity contribution in [2.45, 2.75) is 19.9 Å². The van der Waals surface area contributed by atoms with E-state index in [2.05, 4.69) is 20.9 Å². The first kappa shape index (κ1) is 24.5. The maximum atomic E-state index is 13.7. The molecule has 0 spiro atoms. The largest absolute Gasteiger partial charge is 0.463 e. The zero-order valence-electron chi connectivity index (χ0n) is 19.3. The third-order valence-corrected chi connectivity index (χ3v) is 7.50. The van der Waals surface area contributed by atoms with Crippen LogP contribution in [0.3, 0.4) is 0 Å². The molecule has 36 heavy (non-hydrogen) atoms. The lowest BCUT2D eigenvalue weighted by molar-refractivity contribution is -0.139. The zero-order valence-corrected chi connectivity index (χ0v) is 22.5. The number of nitrogens with zero attached hydrogens (tertiary/aromatic N) is 2. The number of aromatic nitrogens is 1. The molecule has 1 aliphatic heterocycles. The van der Waals surface area contributed by atoms with Gasteiger partial charge in [0.1, 0.15) is 11.5 Å². The first-order valence-corrected chi connectivity index (χ1v) is 13.2. The standard InChI is InChI=1S/C27H20BrClN2O4S/c1-3-34-26(33)23-15(2)30-27-31(24(23)17-4-8-18(28)9-5-17)25(32)22(36-27)14-20-12-13-21(35-20)16-6-10-19(29)11-7-16/h4-14,24H,3H2,1-2H3/b22-14-/t24-/m0/s1. The molecule has 0 amide bonds. The van der Waals surface area contributed by atoms with Crippen molar-refractivity contribution in [1.29, 1.82) is 0 Å². The summed E-state index contributed by atoms with van der Waals surface area (Å²) in [5.41, 5.74) is 2.28. The summed E-state index contributed by atoms with van der Waals surface area (Å²) in [5.74, 6) is 0.713. The molecule has 182 valence electrons. The quantitative estimate of drug-likeness (QED) is 0.292. The molecule has 0 aliphatic carbocycles. The molecular formula is C27H20BrClN2O4S. The molecule has 3 heterocycles. The first-order valence-electron chi connectivity index (χ1n) is 11.2. The number of furan rings is 1. The Hall–Kier alpha value is -3.20. The number of esters is 1. The van der Waals surface area contributed by atoms with Gasteiger partial charge in [-0.05, 0) is 67.9 Å². The second kappa shape index (κ2) is 10.0. The lowest BCUT2D eigenvalue weighted by atomic mass is 9.96. The number of allylic oxidation sites excluding steroid dienone is 1. The molecule has 1 aliphatic rings. The minimum absolute atomic E-state index is 0.224. The summed E-state index contributed by atoms with van der Waals surface area (Å²) < 4.78 is 14.2. The monoisotopic (exact) mass is 582 g/mol. The fourth-order valence-electron chi connectivity index (χ4n) is 4.08. The molecule has 9 heteroatoms. The van der Waals surface area contributed by atoms with Crippen LogP contribution in [0.2, 0.25) is 5.02 Å². The van der Waals surface area contributed by atoms with Crippen LogP contribution in [0.1, 0.15) is 31.2 Å². The van der Waals surface area contributed by atoms with Crippen molar-refractivity contribution in [2.75, 3.05) is 6.61 Å². The maximum Gasteiger partial charge on any atom is 0.338 e. The Bertz CT molecular complexity index is 1660. The zero-order chi connectivity index (χ0) is 25.4. The van der Waals surface area contributed by atoms with Crippen molar-refractivity contribution < 1.29 is 13.9 Å². The van der Waals surface area contributed by atoms with E-state index >= 15 is 0 Å². The van der Waals surface area contributed by atoms with E-state index in [0.717, 1.165) is 15.6 Å². The van der Waals surface area contributed by atoms with E-state index in [0.29, 0.717) is 37.1 Å². The molecule has 5 rings (SSSR count). The van der Waals surface area contributed by atoms with E-state index in [9.17, 15) is 9.59 Å². The summed E-state index contributed by atoms with van der Waals surface area (Å²) in [6.45, 7) is 3.74. The van der Waals surface area contributed by atoms with Crippen LogP contribution in [0.25, 0.3) is 17.4 Å². The number of hydrogen-bond donors (Lipinski definition) is 0. The number of rotatable bonds is 5. The minimum Gasteiger partial charge on any atom is -0.463 e. The highest BCUT2D eigenvalue weighted by molar-refractivity contribution is 9.10. The van der Waals surface area contributed by atoms with Crippen LogP contribution in [-0.2, 0) is 9.53 Å². The fourth-order valence-corrected chi connectivity index (χ4v) is 5.50. The molecule has 0 bridgehead atoms. The topological polar surface area (TPSA) is 73.8 Å². The van der Waals surface area contributed by atoms with Crippen molar-refractivity contribution >= 4 is 50.9 Å². The van der Waals surface area contributed by atoms with Gasteiger partial charge in [0.05, 0.1) is 28.5 Å². The molecule has 6 nitrogen and oxygen atoms in total. The third-order valence-electron chi connectivity index (χ3n) is 5.73. The lowest BCUT2D eigenvalue weighted by Gasteiger charge is -2.24. The second-order valence-corrected chi connectivity index (χ2v) is 10.4. The number of hydrogen-bond acceptors (Lipinski definition) is 6. The molecule has 0 fully saturated rings. The van der Waals surface area contributed by atoms with E-state index < -0.39 is 12.0 Å². The first-order chi connectivity index (χ1) is 17.4. The smallest absolute Gasteiger partial charge is 0.338 e. The molecule has 1 atom stereocenters. The predicted molar refractivity (Wildman–Crippen MR) is 144 cm³/mol. The number of benzene rings is 2. The highest BCUT2D eigenvalue weighted by atomic mass is 79.9. The van der Waals surface area contributed by atoms with Gasteiger partial charge in [-0.3, -0.25) is 9.36 Å². The van der Waals surface area contributed by atoms with Crippen LogP contribution in [0, 0.1) is 0 Å². The summed E-state index contributed by atoms with van der Waals surface area (Å²) in [5, 5.41) is 0.643. The summed E-state index contributed by atoms with van der Waals surface area (Å²) in [6.07, 6.45) is 1.70. The summed E-state index contributed by atoms with van der Waals surface area (Å²) in [7, 11) is 0. The number of fused-ring (bicyclic) bond motifs is 1. The highest BCUT2D eigenvalue weighted by Gasteiger charge is 2.33. The highest BCUT2D eigenvalue weighted by Crippen LogP contribution is 2.31. The number of ether oxygens (including phenoxy) is 1. The van der Waals surface area contributed by atoms with Crippen LogP contribution >= 0.6 is 38.9 Å². The van der Waals surface area contributed by atoms with Gasteiger partial charge >= 0.3 is 5.97 Å². The number of halogens is 2. The summed E-state index contributed by atoms with van der Waals surface area (Å²) in [6, 6.07) is 17.9. The number of thiazole rings is 1. The van der Waals surface area contributed by atoms with Crippen molar-refractivity contribution in [3.8, 4) is 11.3 Å². The van der Waals surface area contributed by atoms with E-state index in [1.54, 1.807) is 36.6 Å². The lowest BCUT2D eigenvalue weighted by Crippen LogP contribution is -2.39. The molecule has 0 radical (unpaired) electrons. The Labute approximate surface area is 224 Å². The van der Waals surface area contributed by atoms with Gasteiger partial charge in [0.2, 0.25) is 0 Å². The number of carbonyl (C=O) groups is 1. The van der Waals surface area contributed by atoms with Gasteiger partial charge in [-0.1, -0.05) is 51.0 Å². The SMILES string of the molecule is CCOC(=O)C1=C(C)N=c2s/c(=C\c3ccc(-c4ccc(Cl)cc4)o3)c(=O)n2[C@H]1c1ccc(Br)cc1. The normalized spacial score (nSPS) is 15.6. The van der Waals surface area contributed by atoms with E-state index in [1.165, 1.54) is 11.3 Å². The van der Waals surface area contributed by atoms with Gasteiger partial charge in [0.15, 0.2) is 4.80 Å². The van der Waals surface area contributed by atoms with Crippen LogP contribution in [-0.4, -0.2) is 17.1 Å². The van der Waals surface area contributed by atoms with E-state index in [4.69, 9.17) is 20.8 Å². The predicted octanol–water partition coefficient (Wildman–Crippen LogP) is 5.47. The van der Waals surface area contributed by atoms with Crippen molar-refractivity contribution in [3.05, 3.63) is 112 Å². The Kier molecular flexibility index (Phi) is 6.83. The van der Waals surface area contributed by atoms with Gasteiger partial charge in [-0.25, -0.2) is 9.79 Å². The van der Waals surface area contributed by atoms with Crippen molar-refractivity contribution in [2.24, 2.45) is 4.99 Å². The minimum atomic E-state index is -0.656. The van der Waals surface area contributed by atoms with Crippen molar-refractivity contribution in [3.63, 3.8) is 0 Å². The molecule has 0 saturated carbocycles. The van der Waals surface area contributed by atoms with Crippen LogP contribution in [0.5, 0.6) is 0 Å². The second-order valence-electron chi connectivity index (χ2n) is 8.06. The Balaban J connectivity index is 1.63. The fraction of sp³-hybridized carbons (Fsp3) is 0.148. The van der Waals surface area contributed by atoms with Gasteiger partial charge < -0.3 is 9.15 Å². The Morgan fingerprint density at radius 1 is 1.17 bits per heavy atom. The molecular weight excluding hydrogens is 564 g/mol. The van der Waals surface area contributed by atoms with Gasteiger partial charge in [-0.2, -0.15) is 0 Å². The number of carbonyl (C=O) groups excluding carboxylic acids is 1.